The summed E-state index contributed by atoms with van der Waals surface area (Å²) in [4.78, 5) is 26.0. The molecule has 0 radical (unpaired) electrons. The summed E-state index contributed by atoms with van der Waals surface area (Å²) in [5.74, 6) is 0.120. The molecular formula is C34H49N3O5. The molecule has 0 aromatic heterocycles. The van der Waals surface area contributed by atoms with Gasteiger partial charge in [0, 0.05) is 43.6 Å². The monoisotopic (exact) mass is 579 g/mol. The van der Waals surface area contributed by atoms with Crippen LogP contribution in [0, 0.1) is 5.92 Å². The van der Waals surface area contributed by atoms with Gasteiger partial charge in [-0.15, -0.1) is 0 Å². The summed E-state index contributed by atoms with van der Waals surface area (Å²) < 4.78 is 13.3. The van der Waals surface area contributed by atoms with Crippen LogP contribution < -0.4 is 10.6 Å². The van der Waals surface area contributed by atoms with Gasteiger partial charge in [-0.05, 0) is 62.0 Å². The van der Waals surface area contributed by atoms with Crippen LogP contribution in [0.1, 0.15) is 101 Å². The largest absolute Gasteiger partial charge is 0.392 e. The van der Waals surface area contributed by atoms with Crippen LogP contribution in [0.2, 0.25) is 0 Å². The highest BCUT2D eigenvalue weighted by Crippen LogP contribution is 2.42. The molecule has 2 heterocycles. The first-order valence-corrected chi connectivity index (χ1v) is 15.8. The van der Waals surface area contributed by atoms with E-state index in [9.17, 15) is 14.7 Å². The van der Waals surface area contributed by atoms with Gasteiger partial charge in [0.05, 0.1) is 18.8 Å². The molecule has 4 atom stereocenters. The Labute approximate surface area is 251 Å². The van der Waals surface area contributed by atoms with Crippen molar-refractivity contribution in [3.05, 3.63) is 65.2 Å². The Hall–Kier alpha value is -2.78. The van der Waals surface area contributed by atoms with Crippen LogP contribution in [-0.2, 0) is 25.7 Å². The second-order valence-corrected chi connectivity index (χ2v) is 11.9. The van der Waals surface area contributed by atoms with Crippen LogP contribution in [0.4, 0.5) is 5.69 Å². The Bertz CT molecular complexity index is 1100. The van der Waals surface area contributed by atoms with Crippen molar-refractivity contribution in [2.45, 2.75) is 96.7 Å². The van der Waals surface area contributed by atoms with Crippen LogP contribution in [0.5, 0.6) is 0 Å². The van der Waals surface area contributed by atoms with Crippen LogP contribution in [0.25, 0.3) is 0 Å². The maximum absolute atomic E-state index is 12.4. The number of hydrogen-bond acceptors (Lipinski definition) is 6. The molecule has 2 aliphatic rings. The van der Waals surface area contributed by atoms with E-state index in [0.29, 0.717) is 13.0 Å². The smallest absolute Gasteiger partial charge is 0.224 e. The maximum Gasteiger partial charge on any atom is 0.224 e. The van der Waals surface area contributed by atoms with E-state index in [1.54, 1.807) is 0 Å². The van der Waals surface area contributed by atoms with Crippen molar-refractivity contribution < 1.29 is 24.2 Å². The molecule has 0 aliphatic carbocycles. The molecule has 2 aromatic carbocycles. The Kier molecular flexibility index (Phi) is 12.8. The molecule has 230 valence electrons. The molecule has 3 N–H and O–H groups in total. The SMILES string of the molecule is CC(=O)NCCCCCC(=O)Nc1ccc(C2OC(CN3CCCCCCC3)C(C)C(c3ccc(CO)cc3)O2)cc1. The summed E-state index contributed by atoms with van der Waals surface area (Å²) in [6.45, 7) is 7.49. The minimum Gasteiger partial charge on any atom is -0.392 e. The highest BCUT2D eigenvalue weighted by molar-refractivity contribution is 5.90. The number of ether oxygens (including phenoxy) is 2. The van der Waals surface area contributed by atoms with Crippen molar-refractivity contribution in [2.75, 3.05) is 31.5 Å². The van der Waals surface area contributed by atoms with Crippen LogP contribution in [-0.4, -0.2) is 54.1 Å². The maximum atomic E-state index is 12.4. The van der Waals surface area contributed by atoms with Crippen LogP contribution in [0.3, 0.4) is 0 Å². The van der Waals surface area contributed by atoms with Gasteiger partial charge in [-0.2, -0.15) is 0 Å². The fourth-order valence-corrected chi connectivity index (χ4v) is 5.88. The van der Waals surface area contributed by atoms with E-state index in [-0.39, 0.29) is 36.5 Å². The Balaban J connectivity index is 1.39. The van der Waals surface area contributed by atoms with Gasteiger partial charge in [-0.1, -0.05) is 69.0 Å². The van der Waals surface area contributed by atoms with Crippen molar-refractivity contribution in [1.82, 2.24) is 10.2 Å². The summed E-state index contributed by atoms with van der Waals surface area (Å²) in [5, 5.41) is 15.3. The molecule has 2 fully saturated rings. The summed E-state index contributed by atoms with van der Waals surface area (Å²) in [6, 6.07) is 15.8. The number of unbranched alkanes of at least 4 members (excludes halogenated alkanes) is 2. The molecule has 0 saturated carbocycles. The van der Waals surface area contributed by atoms with Gasteiger partial charge in [0.25, 0.3) is 0 Å². The van der Waals surface area contributed by atoms with Crippen LogP contribution in [0.15, 0.2) is 48.5 Å². The van der Waals surface area contributed by atoms with E-state index < -0.39 is 6.29 Å². The topological polar surface area (TPSA) is 100 Å². The van der Waals surface area contributed by atoms with E-state index in [4.69, 9.17) is 9.47 Å². The minimum atomic E-state index is -0.517. The van der Waals surface area contributed by atoms with Crippen molar-refractivity contribution >= 4 is 17.5 Å². The molecule has 0 spiro atoms. The van der Waals surface area contributed by atoms with Crippen LogP contribution >= 0.6 is 0 Å². The quantitative estimate of drug-likeness (QED) is 0.272. The fourth-order valence-electron chi connectivity index (χ4n) is 5.88. The molecule has 4 unspecified atom stereocenters. The first-order chi connectivity index (χ1) is 20.4. The third-order valence-electron chi connectivity index (χ3n) is 8.43. The second kappa shape index (κ2) is 16.8. The number of carbonyl (C=O) groups is 2. The zero-order chi connectivity index (χ0) is 29.7. The number of aliphatic hydroxyl groups is 1. The number of nitrogens with one attached hydrogen (secondary N) is 2. The van der Waals surface area contributed by atoms with Crippen molar-refractivity contribution in [3.63, 3.8) is 0 Å². The summed E-state index contributed by atoms with van der Waals surface area (Å²) in [5.41, 5.74) is 3.65. The molecular weight excluding hydrogens is 530 g/mol. The zero-order valence-corrected chi connectivity index (χ0v) is 25.4. The molecule has 8 nitrogen and oxygen atoms in total. The minimum absolute atomic E-state index is 0.00993. The van der Waals surface area contributed by atoms with E-state index >= 15 is 0 Å². The summed E-state index contributed by atoms with van der Waals surface area (Å²) in [6.07, 6.45) is 8.74. The molecule has 4 rings (SSSR count). The Morgan fingerprint density at radius 1 is 0.881 bits per heavy atom. The van der Waals surface area contributed by atoms with E-state index in [1.807, 2.05) is 36.4 Å². The lowest BCUT2D eigenvalue weighted by atomic mass is 9.89. The average molecular weight is 580 g/mol. The highest BCUT2D eigenvalue weighted by atomic mass is 16.7. The third-order valence-corrected chi connectivity index (χ3v) is 8.43. The van der Waals surface area contributed by atoms with E-state index in [2.05, 4.69) is 34.6 Å². The van der Waals surface area contributed by atoms with Gasteiger partial charge in [-0.3, -0.25) is 9.59 Å². The zero-order valence-electron chi connectivity index (χ0n) is 25.4. The van der Waals surface area contributed by atoms with Crippen molar-refractivity contribution in [2.24, 2.45) is 5.92 Å². The highest BCUT2D eigenvalue weighted by Gasteiger charge is 2.39. The number of aliphatic hydroxyl groups excluding tert-OH is 1. The number of rotatable bonds is 12. The van der Waals surface area contributed by atoms with Gasteiger partial charge in [0.1, 0.15) is 0 Å². The van der Waals surface area contributed by atoms with Gasteiger partial charge in [0.15, 0.2) is 6.29 Å². The lowest BCUT2D eigenvalue weighted by Crippen LogP contribution is -2.45. The number of anilines is 1. The van der Waals surface area contributed by atoms with Gasteiger partial charge in [0.2, 0.25) is 11.8 Å². The number of carbonyl (C=O) groups excluding carboxylic acids is 2. The van der Waals surface area contributed by atoms with Gasteiger partial charge in [-0.25, -0.2) is 0 Å². The first-order valence-electron chi connectivity index (χ1n) is 15.8. The third kappa shape index (κ3) is 9.90. The lowest BCUT2D eigenvalue weighted by Gasteiger charge is -2.43. The fraction of sp³-hybridized carbons (Fsp3) is 0.588. The average Bonchev–Trinajstić information content (AvgIpc) is 2.97. The summed E-state index contributed by atoms with van der Waals surface area (Å²) >= 11 is 0. The molecule has 2 aromatic rings. The first kappa shape index (κ1) is 32.1. The van der Waals surface area contributed by atoms with Gasteiger partial charge >= 0.3 is 0 Å². The molecule has 2 aliphatic heterocycles. The van der Waals surface area contributed by atoms with E-state index in [0.717, 1.165) is 61.3 Å². The molecule has 0 bridgehead atoms. The number of nitrogens with zero attached hydrogens (tertiary/aromatic N) is 1. The standard InChI is InChI=1S/C34H49N3O5/c1-25-31(23-37-21-9-4-3-5-10-22-37)41-34(42-33(25)28-14-12-27(24-38)13-15-28)29-16-18-30(19-17-29)36-32(40)11-7-6-8-20-35-26(2)39/h12-19,25,31,33-34,38H,3-11,20-24H2,1-2H3,(H,35,39)(H,36,40). The summed E-state index contributed by atoms with van der Waals surface area (Å²) in [7, 11) is 0. The number of amides is 2. The number of hydrogen-bond donors (Lipinski definition) is 3. The van der Waals surface area contributed by atoms with Crippen molar-refractivity contribution in [3.8, 4) is 0 Å². The number of likely N-dealkylation sites (tertiary alicyclic amines) is 1. The predicted molar refractivity (Wildman–Crippen MR) is 165 cm³/mol. The number of benzene rings is 2. The molecule has 8 heteroatoms. The van der Waals surface area contributed by atoms with E-state index in [1.165, 1.54) is 39.0 Å². The predicted octanol–water partition coefficient (Wildman–Crippen LogP) is 5.87. The molecule has 2 saturated heterocycles. The molecule has 2 amide bonds. The lowest BCUT2D eigenvalue weighted by molar-refractivity contribution is -0.276. The Morgan fingerprint density at radius 3 is 2.21 bits per heavy atom. The normalized spacial score (nSPS) is 23.5. The Morgan fingerprint density at radius 2 is 1.55 bits per heavy atom. The van der Waals surface area contributed by atoms with Gasteiger partial charge < -0.3 is 30.1 Å². The molecule has 42 heavy (non-hydrogen) atoms. The second-order valence-electron chi connectivity index (χ2n) is 11.9. The van der Waals surface area contributed by atoms with Crippen molar-refractivity contribution in [1.29, 1.82) is 0 Å².